The van der Waals surface area contributed by atoms with Crippen LogP contribution in [0.3, 0.4) is 0 Å². The minimum Gasteiger partial charge on any atom is -0.487 e. The van der Waals surface area contributed by atoms with Crippen molar-refractivity contribution in [1.82, 2.24) is 10.1 Å². The van der Waals surface area contributed by atoms with Crippen molar-refractivity contribution in [2.45, 2.75) is 35.8 Å². The van der Waals surface area contributed by atoms with E-state index < -0.39 is 0 Å². The molecule has 6 atom stereocenters. The lowest BCUT2D eigenvalue weighted by Crippen LogP contribution is -2.19. The highest BCUT2D eigenvalue weighted by atomic mass is 35.5. The number of hydrogen-bond donors (Lipinski definition) is 2. The van der Waals surface area contributed by atoms with Crippen LogP contribution in [0.2, 0.25) is 10.0 Å². The highest BCUT2D eigenvalue weighted by molar-refractivity contribution is 6.32. The molecule has 2 aliphatic carbocycles. The first-order valence-electron chi connectivity index (χ1n) is 10.3. The maximum atomic E-state index is 8.58. The molecule has 2 saturated carbocycles. The van der Waals surface area contributed by atoms with Crippen LogP contribution in [0.5, 0.6) is 11.5 Å². The summed E-state index contributed by atoms with van der Waals surface area (Å²) in [7, 11) is 0. The molecule has 3 N–H and O–H groups in total. The van der Waals surface area contributed by atoms with Crippen LogP contribution < -0.4 is 15.2 Å². The number of nitrogens with two attached hydrogens (primary N) is 1. The van der Waals surface area contributed by atoms with Crippen molar-refractivity contribution in [2.24, 2.45) is 16.8 Å². The van der Waals surface area contributed by atoms with Crippen molar-refractivity contribution >= 4 is 40.6 Å². The molecule has 3 heterocycles. The number of fused-ring (bicyclic) bond motifs is 6. The summed E-state index contributed by atoms with van der Waals surface area (Å²) in [6.07, 6.45) is 0.0801. The summed E-state index contributed by atoms with van der Waals surface area (Å²) >= 11 is 17.7. The first kappa shape index (κ1) is 20.9. The number of para-hydroxylation sites is 2. The predicted molar refractivity (Wildman–Crippen MR) is 121 cm³/mol. The summed E-state index contributed by atoms with van der Waals surface area (Å²) in [6.45, 7) is 0. The van der Waals surface area contributed by atoms with Gasteiger partial charge in [0.25, 0.3) is 0 Å². The van der Waals surface area contributed by atoms with Crippen LogP contribution in [-0.2, 0) is 5.88 Å². The summed E-state index contributed by atoms with van der Waals surface area (Å²) < 4.78 is 16.5. The third kappa shape index (κ3) is 3.23. The first-order chi connectivity index (χ1) is 16.0. The van der Waals surface area contributed by atoms with Gasteiger partial charge in [0.15, 0.2) is 5.82 Å². The molecule has 170 valence electrons. The lowest BCUT2D eigenvalue weighted by molar-refractivity contribution is 0.298. The SMILES string of the molecule is ClCc1nc([C@H]2[C@@H]3Oc4c(Cl)cccc4[C@@H]32)no1.N/C(=N\O)[C@H]1[C@@H]2Oc3c(Cl)cccc3[C@@H]21. The molecule has 2 aliphatic heterocycles. The van der Waals surface area contributed by atoms with E-state index >= 15 is 0 Å². The maximum Gasteiger partial charge on any atom is 0.241 e. The monoisotopic (exact) mass is 506 g/mol. The van der Waals surface area contributed by atoms with Gasteiger partial charge >= 0.3 is 0 Å². The number of benzene rings is 2. The number of oxime groups is 1. The fourth-order valence-electron chi connectivity index (χ4n) is 4.88. The second kappa shape index (κ2) is 7.68. The van der Waals surface area contributed by atoms with Crippen LogP contribution in [0.15, 0.2) is 46.1 Å². The predicted octanol–water partition coefficient (Wildman–Crippen LogP) is 4.66. The molecule has 0 bridgehead atoms. The van der Waals surface area contributed by atoms with E-state index in [1.54, 1.807) is 6.07 Å². The molecule has 7 rings (SSSR count). The maximum absolute atomic E-state index is 8.58. The number of nitrogens with zero attached hydrogens (tertiary/aromatic N) is 3. The lowest BCUT2D eigenvalue weighted by atomic mass is 10.1. The van der Waals surface area contributed by atoms with Crippen LogP contribution in [-0.4, -0.2) is 33.4 Å². The molecule has 0 saturated heterocycles. The van der Waals surface area contributed by atoms with Crippen molar-refractivity contribution in [2.75, 3.05) is 0 Å². The molecule has 1 aromatic heterocycles. The van der Waals surface area contributed by atoms with E-state index in [2.05, 4.69) is 15.3 Å². The van der Waals surface area contributed by atoms with Gasteiger partial charge in [0.2, 0.25) is 5.89 Å². The quantitative estimate of drug-likeness (QED) is 0.174. The molecule has 11 heteroatoms. The van der Waals surface area contributed by atoms with Crippen LogP contribution in [0.1, 0.15) is 40.6 Å². The summed E-state index contributed by atoms with van der Waals surface area (Å²) in [5, 5.41) is 16.8. The van der Waals surface area contributed by atoms with E-state index in [1.165, 1.54) is 0 Å². The number of rotatable bonds is 3. The van der Waals surface area contributed by atoms with Gasteiger partial charge in [-0.2, -0.15) is 4.98 Å². The number of halogens is 3. The Morgan fingerprint density at radius 1 is 0.970 bits per heavy atom. The number of hydrogen-bond acceptors (Lipinski definition) is 7. The van der Waals surface area contributed by atoms with Gasteiger partial charge in [-0.25, -0.2) is 0 Å². The Balaban J connectivity index is 0.000000127. The largest absolute Gasteiger partial charge is 0.487 e. The summed E-state index contributed by atoms with van der Waals surface area (Å²) in [6, 6.07) is 11.5. The minimum absolute atomic E-state index is 0.000895. The molecule has 0 spiro atoms. The number of alkyl halides is 1. The van der Waals surface area contributed by atoms with Crippen molar-refractivity contribution in [3.8, 4) is 11.5 Å². The lowest BCUT2D eigenvalue weighted by Gasteiger charge is -2.08. The smallest absolute Gasteiger partial charge is 0.241 e. The molecule has 3 aromatic rings. The van der Waals surface area contributed by atoms with Gasteiger partial charge in [-0.1, -0.05) is 57.8 Å². The average Bonchev–Trinajstić information content (AvgIpc) is 3.46. The Kier molecular flexibility index (Phi) is 4.87. The topological polar surface area (TPSA) is 116 Å². The third-order valence-electron chi connectivity index (χ3n) is 6.48. The number of ether oxygens (including phenoxy) is 2. The standard InChI is InChI=1S/C12H8Cl2N2O2.C10H9ClN2O2/c13-4-7-15-12(16-18-7)9-8-5-2-1-3-6(14)10(5)17-11(8)9;11-5-3-1-2-4-6-7(10(12)13-14)9(6)15-8(4)5/h1-3,8-9,11H,4H2;1-3,6-7,9,14H,(H2,12,13)/t8-,9-,11-;6-,7-,9-/m11/s1. The molecule has 33 heavy (non-hydrogen) atoms. The van der Waals surface area contributed by atoms with Crippen LogP contribution in [0, 0.1) is 5.92 Å². The zero-order valence-corrected chi connectivity index (χ0v) is 19.1. The van der Waals surface area contributed by atoms with E-state index in [4.69, 9.17) is 59.7 Å². The zero-order chi connectivity index (χ0) is 22.9. The van der Waals surface area contributed by atoms with E-state index in [0.717, 1.165) is 22.6 Å². The summed E-state index contributed by atoms with van der Waals surface area (Å²) in [4.78, 5) is 4.25. The fraction of sp³-hybridized carbons (Fsp3) is 0.318. The second-order valence-corrected chi connectivity index (χ2v) is 9.37. The van der Waals surface area contributed by atoms with Gasteiger partial charge in [0.1, 0.15) is 35.4 Å². The van der Waals surface area contributed by atoms with Gasteiger partial charge in [-0.15, -0.1) is 11.6 Å². The number of aromatic nitrogens is 2. The van der Waals surface area contributed by atoms with E-state index in [0.29, 0.717) is 27.7 Å². The van der Waals surface area contributed by atoms with E-state index in [1.807, 2.05) is 30.3 Å². The average molecular weight is 508 g/mol. The molecule has 2 aromatic carbocycles. The van der Waals surface area contributed by atoms with Gasteiger partial charge in [0, 0.05) is 23.0 Å². The summed E-state index contributed by atoms with van der Waals surface area (Å²) in [5.41, 5.74) is 7.74. The van der Waals surface area contributed by atoms with Gasteiger partial charge in [0.05, 0.1) is 21.9 Å². The first-order valence-corrected chi connectivity index (χ1v) is 11.6. The molecule has 0 radical (unpaired) electrons. The van der Waals surface area contributed by atoms with Gasteiger partial charge in [-0.3, -0.25) is 0 Å². The third-order valence-corrected chi connectivity index (χ3v) is 7.31. The zero-order valence-electron chi connectivity index (χ0n) is 16.9. The Bertz CT molecular complexity index is 1280. The van der Waals surface area contributed by atoms with Gasteiger partial charge < -0.3 is 24.9 Å². The highest BCUT2D eigenvalue weighted by Gasteiger charge is 2.62. The van der Waals surface area contributed by atoms with Crippen molar-refractivity contribution < 1.29 is 19.2 Å². The molecule has 4 aliphatic rings. The van der Waals surface area contributed by atoms with Crippen LogP contribution >= 0.6 is 34.8 Å². The van der Waals surface area contributed by atoms with Crippen molar-refractivity contribution in [1.29, 1.82) is 0 Å². The van der Waals surface area contributed by atoms with Crippen molar-refractivity contribution in [3.05, 3.63) is 69.3 Å². The highest BCUT2D eigenvalue weighted by Crippen LogP contribution is 2.64. The van der Waals surface area contributed by atoms with E-state index in [-0.39, 0.29) is 41.7 Å². The second-order valence-electron chi connectivity index (χ2n) is 8.29. The Hall–Kier alpha value is -2.68. The van der Waals surface area contributed by atoms with Crippen LogP contribution in [0.25, 0.3) is 0 Å². The molecular formula is C22H17Cl3N4O4. The Morgan fingerprint density at radius 2 is 1.61 bits per heavy atom. The Labute approximate surface area is 203 Å². The fourth-order valence-corrected chi connectivity index (χ4v) is 5.44. The molecule has 0 amide bonds. The molecular weight excluding hydrogens is 491 g/mol. The molecule has 2 fully saturated rings. The van der Waals surface area contributed by atoms with E-state index in [9.17, 15) is 0 Å². The number of amidine groups is 1. The molecule has 0 unspecified atom stereocenters. The Morgan fingerprint density at radius 3 is 2.21 bits per heavy atom. The van der Waals surface area contributed by atoms with Crippen molar-refractivity contribution in [3.63, 3.8) is 0 Å². The van der Waals surface area contributed by atoms with Gasteiger partial charge in [-0.05, 0) is 12.1 Å². The normalized spacial score (nSPS) is 29.5. The summed E-state index contributed by atoms with van der Waals surface area (Å²) in [5.74, 6) is 3.79. The molecule has 8 nitrogen and oxygen atoms in total. The van der Waals surface area contributed by atoms with Crippen LogP contribution in [0.4, 0.5) is 0 Å². The minimum atomic E-state index is -0.00389.